The fourth-order valence-corrected chi connectivity index (χ4v) is 2.42. The topological polar surface area (TPSA) is 38.8 Å². The molecule has 0 unspecified atom stereocenters. The van der Waals surface area contributed by atoms with Gasteiger partial charge in [0.1, 0.15) is 5.75 Å². The number of hydrogen-bond acceptors (Lipinski definition) is 3. The van der Waals surface area contributed by atoms with Crippen molar-refractivity contribution in [1.82, 2.24) is 4.90 Å². The third-order valence-electron chi connectivity index (χ3n) is 3.51. The molecule has 0 fully saturated rings. The third-order valence-corrected chi connectivity index (χ3v) is 3.51. The minimum atomic E-state index is -5.73. The van der Waals surface area contributed by atoms with Crippen LogP contribution in [-0.2, 0) is 17.7 Å². The number of carbonyl (C=O) groups excluding carboxylic acids is 1. The van der Waals surface area contributed by atoms with E-state index in [-0.39, 0.29) is 19.5 Å². The SMILES string of the molecule is COc1cccc2c1CCN(C(=O)OC(C(F)(F)F)C(F)(F)F)C2. The van der Waals surface area contributed by atoms with Crippen LogP contribution >= 0.6 is 0 Å². The smallest absolute Gasteiger partial charge is 0.434 e. The van der Waals surface area contributed by atoms with E-state index in [4.69, 9.17) is 4.74 Å². The lowest BCUT2D eigenvalue weighted by Gasteiger charge is -2.31. The van der Waals surface area contributed by atoms with Crippen LogP contribution in [0.1, 0.15) is 11.1 Å². The van der Waals surface area contributed by atoms with Crippen molar-refractivity contribution in [2.75, 3.05) is 13.7 Å². The molecule has 1 heterocycles. The predicted molar refractivity (Wildman–Crippen MR) is 69.5 cm³/mol. The van der Waals surface area contributed by atoms with Gasteiger partial charge in [0.15, 0.2) is 0 Å². The third kappa shape index (κ3) is 3.85. The molecular formula is C14H13F6NO3. The van der Waals surface area contributed by atoms with Crippen LogP contribution < -0.4 is 4.74 Å². The highest BCUT2D eigenvalue weighted by molar-refractivity contribution is 5.68. The Morgan fingerprint density at radius 2 is 1.79 bits per heavy atom. The molecule has 2 rings (SSSR count). The highest BCUT2D eigenvalue weighted by Gasteiger charge is 2.60. The normalized spacial score (nSPS) is 15.2. The van der Waals surface area contributed by atoms with Gasteiger partial charge < -0.3 is 14.4 Å². The van der Waals surface area contributed by atoms with Crippen molar-refractivity contribution in [2.24, 2.45) is 0 Å². The maximum atomic E-state index is 12.4. The summed E-state index contributed by atoms with van der Waals surface area (Å²) in [4.78, 5) is 12.5. The number of rotatable bonds is 2. The van der Waals surface area contributed by atoms with Crippen LogP contribution in [0.2, 0.25) is 0 Å². The maximum Gasteiger partial charge on any atom is 0.434 e. The van der Waals surface area contributed by atoms with Gasteiger partial charge in [-0.25, -0.2) is 4.79 Å². The zero-order valence-corrected chi connectivity index (χ0v) is 12.4. The largest absolute Gasteiger partial charge is 0.496 e. The molecular weight excluding hydrogens is 344 g/mol. The second kappa shape index (κ2) is 6.40. The standard InChI is InChI=1S/C14H13F6NO3/c1-23-10-4-2-3-8-7-21(6-5-9(8)10)12(22)24-11(13(15,16)17)14(18,19)20/h2-4,11H,5-7H2,1H3. The van der Waals surface area contributed by atoms with Gasteiger partial charge in [0, 0.05) is 18.7 Å². The zero-order chi connectivity index (χ0) is 18.1. The Balaban J connectivity index is 2.14. The van der Waals surface area contributed by atoms with Crippen molar-refractivity contribution in [2.45, 2.75) is 31.4 Å². The van der Waals surface area contributed by atoms with Crippen molar-refractivity contribution < 1.29 is 40.6 Å². The summed E-state index contributed by atoms with van der Waals surface area (Å²) < 4.78 is 83.5. The van der Waals surface area contributed by atoms with Crippen molar-refractivity contribution >= 4 is 6.09 Å². The van der Waals surface area contributed by atoms with Crippen LogP contribution in [0.4, 0.5) is 31.1 Å². The number of fused-ring (bicyclic) bond motifs is 1. The summed E-state index contributed by atoms with van der Waals surface area (Å²) in [6, 6.07) is 4.90. The van der Waals surface area contributed by atoms with Gasteiger partial charge in [-0.15, -0.1) is 0 Å². The molecule has 1 aromatic carbocycles. The second-order valence-electron chi connectivity index (χ2n) is 5.12. The minimum absolute atomic E-state index is 0.0748. The molecule has 0 radical (unpaired) electrons. The van der Waals surface area contributed by atoms with Gasteiger partial charge in [0.05, 0.1) is 7.11 Å². The van der Waals surface area contributed by atoms with Crippen LogP contribution in [0, 0.1) is 0 Å². The fourth-order valence-electron chi connectivity index (χ4n) is 2.42. The summed E-state index contributed by atoms with van der Waals surface area (Å²) in [7, 11) is 1.44. The molecule has 0 saturated heterocycles. The molecule has 134 valence electrons. The highest BCUT2D eigenvalue weighted by Crippen LogP contribution is 2.36. The molecule has 1 aliphatic rings. The average Bonchev–Trinajstić information content (AvgIpc) is 2.48. The summed E-state index contributed by atoms with van der Waals surface area (Å²) in [6.07, 6.45) is -17.0. The molecule has 0 aromatic heterocycles. The summed E-state index contributed by atoms with van der Waals surface area (Å²) in [5, 5.41) is 0. The first-order valence-corrected chi connectivity index (χ1v) is 6.77. The number of nitrogens with zero attached hydrogens (tertiary/aromatic N) is 1. The van der Waals surface area contributed by atoms with E-state index in [0.29, 0.717) is 11.3 Å². The predicted octanol–water partition coefficient (Wildman–Crippen LogP) is 3.68. The molecule has 0 N–H and O–H groups in total. The first kappa shape index (κ1) is 18.2. The lowest BCUT2D eigenvalue weighted by atomic mass is 9.99. The van der Waals surface area contributed by atoms with Crippen molar-refractivity contribution in [3.05, 3.63) is 29.3 Å². The molecule has 10 heteroatoms. The lowest BCUT2D eigenvalue weighted by molar-refractivity contribution is -0.308. The highest BCUT2D eigenvalue weighted by atomic mass is 19.4. The van der Waals surface area contributed by atoms with Gasteiger partial charge in [-0.05, 0) is 18.1 Å². The van der Waals surface area contributed by atoms with Crippen LogP contribution in [-0.4, -0.2) is 43.1 Å². The number of amides is 1. The van der Waals surface area contributed by atoms with E-state index in [0.717, 1.165) is 10.5 Å². The van der Waals surface area contributed by atoms with Gasteiger partial charge in [-0.1, -0.05) is 12.1 Å². The number of methoxy groups -OCH3 is 1. The molecule has 1 aliphatic heterocycles. The Hall–Kier alpha value is -2.13. The first-order valence-electron chi connectivity index (χ1n) is 6.77. The summed E-state index contributed by atoms with van der Waals surface area (Å²) in [6.45, 7) is -0.234. The molecule has 24 heavy (non-hydrogen) atoms. The van der Waals surface area contributed by atoms with Crippen LogP contribution in [0.25, 0.3) is 0 Å². The van der Waals surface area contributed by atoms with Gasteiger partial charge in [0.25, 0.3) is 6.10 Å². The van der Waals surface area contributed by atoms with Crippen LogP contribution in [0.15, 0.2) is 18.2 Å². The Morgan fingerprint density at radius 1 is 1.17 bits per heavy atom. The van der Waals surface area contributed by atoms with Gasteiger partial charge in [-0.2, -0.15) is 26.3 Å². The molecule has 1 aromatic rings. The molecule has 0 bridgehead atoms. The summed E-state index contributed by atoms with van der Waals surface area (Å²) in [5.41, 5.74) is 1.33. The Labute approximate surface area is 132 Å². The van der Waals surface area contributed by atoms with E-state index < -0.39 is 24.5 Å². The van der Waals surface area contributed by atoms with Gasteiger partial charge >= 0.3 is 18.4 Å². The second-order valence-corrected chi connectivity index (χ2v) is 5.12. The number of ether oxygens (including phenoxy) is 2. The maximum absolute atomic E-state index is 12.4. The lowest BCUT2D eigenvalue weighted by Crippen LogP contribution is -2.48. The van der Waals surface area contributed by atoms with E-state index in [1.165, 1.54) is 7.11 Å². The number of alkyl halides is 6. The molecule has 0 aliphatic carbocycles. The summed E-state index contributed by atoms with van der Waals surface area (Å²) in [5.74, 6) is 0.545. The van der Waals surface area contributed by atoms with Crippen molar-refractivity contribution in [1.29, 1.82) is 0 Å². The minimum Gasteiger partial charge on any atom is -0.496 e. The first-order chi connectivity index (χ1) is 11.0. The molecule has 0 saturated carbocycles. The van der Waals surface area contributed by atoms with Gasteiger partial charge in [0.2, 0.25) is 0 Å². The number of halogens is 6. The summed E-state index contributed by atoms with van der Waals surface area (Å²) >= 11 is 0. The number of hydrogen-bond donors (Lipinski definition) is 0. The Kier molecular flexibility index (Phi) is 4.86. The van der Waals surface area contributed by atoms with E-state index in [2.05, 4.69) is 4.74 Å². The molecule has 0 spiro atoms. The number of benzene rings is 1. The van der Waals surface area contributed by atoms with Gasteiger partial charge in [-0.3, -0.25) is 0 Å². The number of carbonyl (C=O) groups is 1. The van der Waals surface area contributed by atoms with Crippen LogP contribution in [0.5, 0.6) is 5.75 Å². The van der Waals surface area contributed by atoms with E-state index in [1.54, 1.807) is 18.2 Å². The van der Waals surface area contributed by atoms with Crippen molar-refractivity contribution in [3.8, 4) is 5.75 Å². The Morgan fingerprint density at radius 3 is 2.33 bits per heavy atom. The molecule has 4 nitrogen and oxygen atoms in total. The molecule has 1 amide bonds. The van der Waals surface area contributed by atoms with Crippen LogP contribution in [0.3, 0.4) is 0 Å². The van der Waals surface area contributed by atoms with E-state index in [9.17, 15) is 31.1 Å². The van der Waals surface area contributed by atoms with E-state index in [1.807, 2.05) is 0 Å². The fraction of sp³-hybridized carbons (Fsp3) is 0.500. The zero-order valence-electron chi connectivity index (χ0n) is 12.4. The van der Waals surface area contributed by atoms with E-state index >= 15 is 0 Å². The monoisotopic (exact) mass is 357 g/mol. The molecule has 0 atom stereocenters. The Bertz CT molecular complexity index is 600. The average molecular weight is 357 g/mol. The quantitative estimate of drug-likeness (QED) is 0.758. The van der Waals surface area contributed by atoms with Crippen molar-refractivity contribution in [3.63, 3.8) is 0 Å².